The van der Waals surface area contributed by atoms with Crippen molar-refractivity contribution in [2.24, 2.45) is 5.73 Å². The predicted molar refractivity (Wildman–Crippen MR) is 78.8 cm³/mol. The van der Waals surface area contributed by atoms with Gasteiger partial charge < -0.3 is 16.4 Å². The number of anilines is 1. The van der Waals surface area contributed by atoms with Gasteiger partial charge in [0.15, 0.2) is 0 Å². The third-order valence-electron chi connectivity index (χ3n) is 3.98. The van der Waals surface area contributed by atoms with Crippen LogP contribution in [0.15, 0.2) is 18.2 Å². The number of alkyl halides is 6. The van der Waals surface area contributed by atoms with E-state index in [2.05, 4.69) is 5.32 Å². The molecule has 0 spiro atoms. The molecule has 140 valence electrons. The van der Waals surface area contributed by atoms with Crippen LogP contribution < -0.4 is 16.4 Å². The molecule has 1 saturated carbocycles. The van der Waals surface area contributed by atoms with Crippen molar-refractivity contribution in [3.63, 3.8) is 0 Å². The van der Waals surface area contributed by atoms with E-state index in [0.29, 0.717) is 25.0 Å². The number of carbonyl (C=O) groups is 1. The van der Waals surface area contributed by atoms with E-state index in [0.717, 1.165) is 12.8 Å². The fraction of sp³-hybridized carbons (Fsp3) is 0.533. The molecular weight excluding hydrogens is 352 g/mol. The summed E-state index contributed by atoms with van der Waals surface area (Å²) < 4.78 is 76.7. The summed E-state index contributed by atoms with van der Waals surface area (Å²) in [4.78, 5) is 11.9. The highest BCUT2D eigenvalue weighted by molar-refractivity contribution is 5.89. The first-order valence-electron chi connectivity index (χ1n) is 7.59. The highest BCUT2D eigenvalue weighted by Gasteiger charge is 2.37. The summed E-state index contributed by atoms with van der Waals surface area (Å²) >= 11 is 0. The van der Waals surface area contributed by atoms with Gasteiger partial charge in [-0.2, -0.15) is 26.3 Å². The van der Waals surface area contributed by atoms with E-state index in [-0.39, 0.29) is 18.2 Å². The highest BCUT2D eigenvalue weighted by atomic mass is 19.4. The smallest absolute Gasteiger partial charge is 0.334 e. The Bertz CT molecular complexity index is 596. The van der Waals surface area contributed by atoms with Gasteiger partial charge in [0.05, 0.1) is 11.1 Å². The average Bonchev–Trinajstić information content (AvgIpc) is 2.47. The van der Waals surface area contributed by atoms with E-state index in [4.69, 9.17) is 5.73 Å². The van der Waals surface area contributed by atoms with Crippen molar-refractivity contribution in [3.05, 3.63) is 29.3 Å². The van der Waals surface area contributed by atoms with Crippen molar-refractivity contribution >= 4 is 11.7 Å². The van der Waals surface area contributed by atoms with Gasteiger partial charge in [-0.05, 0) is 31.0 Å². The number of hydrogen-bond acceptors (Lipinski definition) is 2. The number of benzene rings is 1. The van der Waals surface area contributed by atoms with Crippen LogP contribution in [0.4, 0.5) is 36.8 Å². The van der Waals surface area contributed by atoms with Crippen LogP contribution in [0, 0.1) is 0 Å². The molecule has 1 fully saturated rings. The van der Waals surface area contributed by atoms with Gasteiger partial charge in [-0.3, -0.25) is 0 Å². The zero-order chi connectivity index (χ0) is 18.8. The molecule has 1 aliphatic rings. The predicted octanol–water partition coefficient (Wildman–Crippen LogP) is 4.12. The Morgan fingerprint density at radius 2 is 1.48 bits per heavy atom. The quantitative estimate of drug-likeness (QED) is 0.687. The van der Waals surface area contributed by atoms with Crippen LogP contribution in [-0.2, 0) is 12.4 Å². The third-order valence-corrected chi connectivity index (χ3v) is 3.98. The fourth-order valence-electron chi connectivity index (χ4n) is 2.70. The molecule has 25 heavy (non-hydrogen) atoms. The van der Waals surface area contributed by atoms with Crippen molar-refractivity contribution in [2.75, 3.05) is 5.32 Å². The largest absolute Gasteiger partial charge is 0.416 e. The zero-order valence-corrected chi connectivity index (χ0v) is 13.0. The van der Waals surface area contributed by atoms with E-state index in [1.165, 1.54) is 0 Å². The van der Waals surface area contributed by atoms with Gasteiger partial charge in [0, 0.05) is 17.8 Å². The van der Waals surface area contributed by atoms with Crippen LogP contribution in [0.5, 0.6) is 0 Å². The lowest BCUT2D eigenvalue weighted by Crippen LogP contribution is -2.50. The minimum atomic E-state index is -4.97. The molecule has 2 unspecified atom stereocenters. The molecule has 2 atom stereocenters. The number of nitrogens with one attached hydrogen (secondary N) is 2. The maximum Gasteiger partial charge on any atom is 0.416 e. The summed E-state index contributed by atoms with van der Waals surface area (Å²) in [6.45, 7) is 0. The molecule has 0 aliphatic heterocycles. The third kappa shape index (κ3) is 5.25. The number of hydrogen-bond donors (Lipinski definition) is 3. The zero-order valence-electron chi connectivity index (χ0n) is 13.0. The standard InChI is InChI=1S/C15H17F6N3O/c16-14(17,18)8-5-9(15(19,20)21)7-10(6-8)23-13(25)24-12-4-2-1-3-11(12)22/h5-7,11-12H,1-4,22H2,(H2,23,24,25). The number of amides is 2. The second kappa shape index (κ2) is 7.11. The molecule has 2 amide bonds. The molecule has 1 aromatic rings. The SMILES string of the molecule is NC1CCCCC1NC(=O)Nc1cc(C(F)(F)F)cc(C(F)(F)F)c1. The first kappa shape index (κ1) is 19.4. The number of urea groups is 1. The van der Waals surface area contributed by atoms with E-state index in [1.54, 1.807) is 0 Å². The Hall–Kier alpha value is -1.97. The minimum absolute atomic E-state index is 0.000133. The number of rotatable bonds is 2. The Labute approximate surface area is 139 Å². The van der Waals surface area contributed by atoms with Gasteiger partial charge >= 0.3 is 18.4 Å². The van der Waals surface area contributed by atoms with E-state index < -0.39 is 35.2 Å². The molecule has 0 aromatic heterocycles. The van der Waals surface area contributed by atoms with Gasteiger partial charge in [0.1, 0.15) is 0 Å². The van der Waals surface area contributed by atoms with Crippen LogP contribution >= 0.6 is 0 Å². The maximum atomic E-state index is 12.8. The Kier molecular flexibility index (Phi) is 5.50. The fourth-order valence-corrected chi connectivity index (χ4v) is 2.70. The summed E-state index contributed by atoms with van der Waals surface area (Å²) in [7, 11) is 0. The first-order valence-corrected chi connectivity index (χ1v) is 7.59. The van der Waals surface area contributed by atoms with Gasteiger partial charge in [-0.15, -0.1) is 0 Å². The summed E-state index contributed by atoms with van der Waals surface area (Å²) in [5, 5.41) is 4.53. The number of carbonyl (C=O) groups excluding carboxylic acids is 1. The summed E-state index contributed by atoms with van der Waals surface area (Å²) in [5.74, 6) is 0. The summed E-state index contributed by atoms with van der Waals surface area (Å²) in [6, 6.07) is -0.658. The minimum Gasteiger partial charge on any atom is -0.334 e. The monoisotopic (exact) mass is 369 g/mol. The van der Waals surface area contributed by atoms with Crippen LogP contribution in [0.25, 0.3) is 0 Å². The average molecular weight is 369 g/mol. The van der Waals surface area contributed by atoms with E-state index in [1.807, 2.05) is 5.32 Å². The van der Waals surface area contributed by atoms with Crippen molar-refractivity contribution in [2.45, 2.75) is 50.1 Å². The number of nitrogens with two attached hydrogens (primary N) is 1. The Balaban J connectivity index is 2.18. The molecule has 0 bridgehead atoms. The second-order valence-electron chi connectivity index (χ2n) is 5.95. The molecule has 4 nitrogen and oxygen atoms in total. The first-order chi connectivity index (χ1) is 11.5. The lowest BCUT2D eigenvalue weighted by atomic mass is 9.91. The molecule has 1 aromatic carbocycles. The molecule has 0 heterocycles. The lowest BCUT2D eigenvalue weighted by Gasteiger charge is -2.29. The normalized spacial score (nSPS) is 21.7. The highest BCUT2D eigenvalue weighted by Crippen LogP contribution is 2.37. The van der Waals surface area contributed by atoms with Crippen molar-refractivity contribution in [3.8, 4) is 0 Å². The molecule has 1 aliphatic carbocycles. The van der Waals surface area contributed by atoms with Crippen LogP contribution in [0.1, 0.15) is 36.8 Å². The van der Waals surface area contributed by atoms with Crippen molar-refractivity contribution < 1.29 is 31.1 Å². The maximum absolute atomic E-state index is 12.8. The summed E-state index contributed by atoms with van der Waals surface area (Å²) in [5.41, 5.74) is 2.26. The Morgan fingerprint density at radius 1 is 0.960 bits per heavy atom. The second-order valence-corrected chi connectivity index (χ2v) is 5.95. The summed E-state index contributed by atoms with van der Waals surface area (Å²) in [6.07, 6.45) is -6.92. The molecule has 4 N–H and O–H groups in total. The van der Waals surface area contributed by atoms with Crippen LogP contribution in [0.3, 0.4) is 0 Å². The van der Waals surface area contributed by atoms with E-state index >= 15 is 0 Å². The van der Waals surface area contributed by atoms with Crippen molar-refractivity contribution in [1.29, 1.82) is 0 Å². The van der Waals surface area contributed by atoms with Crippen molar-refractivity contribution in [1.82, 2.24) is 5.32 Å². The van der Waals surface area contributed by atoms with Gasteiger partial charge in [0.2, 0.25) is 0 Å². The molecule has 10 heteroatoms. The molecule has 0 radical (unpaired) electrons. The molecule has 2 rings (SSSR count). The molecule has 0 saturated heterocycles. The van der Waals surface area contributed by atoms with Crippen LogP contribution in [0.2, 0.25) is 0 Å². The number of halogens is 6. The van der Waals surface area contributed by atoms with Gasteiger partial charge in [0.25, 0.3) is 0 Å². The van der Waals surface area contributed by atoms with Gasteiger partial charge in [-0.1, -0.05) is 12.8 Å². The van der Waals surface area contributed by atoms with E-state index in [9.17, 15) is 31.1 Å². The Morgan fingerprint density at radius 3 is 1.96 bits per heavy atom. The molecular formula is C15H17F6N3O. The lowest BCUT2D eigenvalue weighted by molar-refractivity contribution is -0.143. The van der Waals surface area contributed by atoms with Gasteiger partial charge in [-0.25, -0.2) is 4.79 Å². The topological polar surface area (TPSA) is 67.1 Å². The van der Waals surface area contributed by atoms with Crippen LogP contribution in [-0.4, -0.2) is 18.1 Å².